The van der Waals surface area contributed by atoms with Crippen molar-refractivity contribution >= 4 is 34.1 Å². The van der Waals surface area contributed by atoms with Gasteiger partial charge in [0.1, 0.15) is 11.6 Å². The minimum atomic E-state index is 0.115. The smallest absolute Gasteiger partial charge is 0.226 e. The summed E-state index contributed by atoms with van der Waals surface area (Å²) >= 11 is 1.81. The molecule has 1 amide bonds. The third-order valence-electron chi connectivity index (χ3n) is 5.95. The zero-order valence-corrected chi connectivity index (χ0v) is 17.1. The molecule has 0 atom stereocenters. The normalized spacial score (nSPS) is 17.9. The number of rotatable bonds is 2. The lowest BCUT2D eigenvalue weighted by Crippen LogP contribution is -2.44. The average Bonchev–Trinajstić information content (AvgIpc) is 3.33. The van der Waals surface area contributed by atoms with E-state index in [1.165, 1.54) is 10.4 Å². The number of hydrogen-bond acceptors (Lipinski definition) is 6. The Morgan fingerprint density at radius 2 is 2.04 bits per heavy atom. The van der Waals surface area contributed by atoms with Gasteiger partial charge in [-0.05, 0) is 43.2 Å². The van der Waals surface area contributed by atoms with Gasteiger partial charge in [0, 0.05) is 44.0 Å². The number of fused-ring (bicyclic) bond motifs is 2. The van der Waals surface area contributed by atoms with Crippen LogP contribution in [0.1, 0.15) is 29.1 Å². The van der Waals surface area contributed by atoms with E-state index in [0.717, 1.165) is 68.1 Å². The number of nitrogens with zero attached hydrogens (tertiary/aromatic N) is 6. The zero-order valence-electron chi connectivity index (χ0n) is 16.3. The van der Waals surface area contributed by atoms with Gasteiger partial charge in [-0.1, -0.05) is 0 Å². The van der Waals surface area contributed by atoms with Gasteiger partial charge >= 0.3 is 0 Å². The predicted octanol–water partition coefficient (Wildman–Crippen LogP) is 2.53. The second-order valence-electron chi connectivity index (χ2n) is 7.74. The summed E-state index contributed by atoms with van der Waals surface area (Å²) in [5.41, 5.74) is 2.19. The number of anilines is 1. The fraction of sp³-hybridized carbons (Fsp3) is 0.500. The van der Waals surface area contributed by atoms with Gasteiger partial charge in [-0.15, -0.1) is 11.3 Å². The van der Waals surface area contributed by atoms with Crippen LogP contribution in [0.4, 0.5) is 5.82 Å². The monoisotopic (exact) mass is 396 g/mol. The average molecular weight is 397 g/mol. The largest absolute Gasteiger partial charge is 0.356 e. The van der Waals surface area contributed by atoms with E-state index in [0.29, 0.717) is 5.91 Å². The van der Waals surface area contributed by atoms with Crippen LogP contribution in [0.3, 0.4) is 0 Å². The first-order chi connectivity index (χ1) is 13.6. The summed E-state index contributed by atoms with van der Waals surface area (Å²) in [4.78, 5) is 28.1. The van der Waals surface area contributed by atoms with Gasteiger partial charge in [-0.2, -0.15) is 5.10 Å². The summed E-state index contributed by atoms with van der Waals surface area (Å²) in [6, 6.07) is 2.17. The lowest BCUT2D eigenvalue weighted by Gasteiger charge is -2.36. The van der Waals surface area contributed by atoms with Gasteiger partial charge in [-0.3, -0.25) is 9.48 Å². The van der Waals surface area contributed by atoms with Crippen LogP contribution in [0, 0.1) is 12.8 Å². The highest BCUT2D eigenvalue weighted by Crippen LogP contribution is 2.30. The highest BCUT2D eigenvalue weighted by molar-refractivity contribution is 7.10. The van der Waals surface area contributed by atoms with Crippen molar-refractivity contribution in [3.05, 3.63) is 33.9 Å². The summed E-state index contributed by atoms with van der Waals surface area (Å²) in [7, 11) is 1.90. The van der Waals surface area contributed by atoms with Crippen molar-refractivity contribution in [2.24, 2.45) is 13.0 Å². The Bertz CT molecular complexity index is 1030. The number of thiophene rings is 1. The molecule has 0 spiro atoms. The number of aryl methyl sites for hydroxylation is 2. The van der Waals surface area contributed by atoms with Crippen LogP contribution in [0.2, 0.25) is 0 Å². The fourth-order valence-electron chi connectivity index (χ4n) is 4.39. The Balaban J connectivity index is 1.29. The van der Waals surface area contributed by atoms with E-state index in [9.17, 15) is 4.79 Å². The van der Waals surface area contributed by atoms with Gasteiger partial charge in [0.15, 0.2) is 5.65 Å². The Kier molecular flexibility index (Phi) is 4.30. The maximum atomic E-state index is 13.1. The van der Waals surface area contributed by atoms with Crippen molar-refractivity contribution in [2.75, 3.05) is 24.5 Å². The third kappa shape index (κ3) is 2.96. The van der Waals surface area contributed by atoms with Crippen molar-refractivity contribution < 1.29 is 4.79 Å². The second kappa shape index (κ2) is 6.84. The zero-order chi connectivity index (χ0) is 19.3. The molecule has 0 bridgehead atoms. The highest BCUT2D eigenvalue weighted by atomic mass is 32.1. The van der Waals surface area contributed by atoms with Crippen molar-refractivity contribution in [1.82, 2.24) is 24.6 Å². The number of piperidine rings is 1. The van der Waals surface area contributed by atoms with Gasteiger partial charge < -0.3 is 9.80 Å². The first kappa shape index (κ1) is 17.6. The summed E-state index contributed by atoms with van der Waals surface area (Å²) < 4.78 is 1.79. The van der Waals surface area contributed by atoms with Gasteiger partial charge in [0.2, 0.25) is 5.91 Å². The maximum Gasteiger partial charge on any atom is 0.226 e. The molecular weight excluding hydrogens is 372 g/mol. The molecule has 0 aliphatic carbocycles. The molecule has 5 heterocycles. The lowest BCUT2D eigenvalue weighted by atomic mass is 9.94. The molecule has 0 saturated carbocycles. The van der Waals surface area contributed by atoms with E-state index < -0.39 is 0 Å². The second-order valence-corrected chi connectivity index (χ2v) is 8.74. The Morgan fingerprint density at radius 1 is 1.21 bits per heavy atom. The Hall–Kier alpha value is -2.48. The predicted molar refractivity (Wildman–Crippen MR) is 109 cm³/mol. The van der Waals surface area contributed by atoms with Crippen molar-refractivity contribution in [1.29, 1.82) is 0 Å². The molecule has 7 nitrogen and oxygen atoms in total. The first-order valence-corrected chi connectivity index (χ1v) is 10.7. The number of carbonyl (C=O) groups is 1. The van der Waals surface area contributed by atoms with Crippen molar-refractivity contribution in [3.8, 4) is 0 Å². The van der Waals surface area contributed by atoms with Gasteiger partial charge in [0.05, 0.1) is 11.6 Å². The van der Waals surface area contributed by atoms with E-state index in [1.54, 1.807) is 4.68 Å². The minimum Gasteiger partial charge on any atom is -0.356 e. The molecule has 2 aliphatic heterocycles. The minimum absolute atomic E-state index is 0.115. The van der Waals surface area contributed by atoms with Crippen LogP contribution >= 0.6 is 11.3 Å². The summed E-state index contributed by atoms with van der Waals surface area (Å²) in [6.07, 6.45) is 4.58. The number of amides is 1. The molecule has 8 heteroatoms. The molecule has 146 valence electrons. The molecule has 0 radical (unpaired) electrons. The Morgan fingerprint density at radius 3 is 2.86 bits per heavy atom. The van der Waals surface area contributed by atoms with E-state index in [4.69, 9.17) is 0 Å². The molecule has 28 heavy (non-hydrogen) atoms. The molecule has 0 unspecified atom stereocenters. The van der Waals surface area contributed by atoms with E-state index in [2.05, 4.69) is 36.3 Å². The van der Waals surface area contributed by atoms with Crippen LogP contribution in [0.25, 0.3) is 11.0 Å². The standard InChI is InChI=1S/C20H24N6OS/c1-13-22-18-16(11-21-24(18)2)19(23-13)25-7-3-14(4-8-25)20(27)26-9-5-17-15(12-26)6-10-28-17/h6,10-11,14H,3-5,7-9,12H2,1-2H3. The maximum absolute atomic E-state index is 13.1. The Labute approximate surface area is 168 Å². The fourth-order valence-corrected chi connectivity index (χ4v) is 5.28. The quantitative estimate of drug-likeness (QED) is 0.666. The molecular formula is C20H24N6OS. The molecule has 2 aliphatic rings. The van der Waals surface area contributed by atoms with E-state index in [-0.39, 0.29) is 5.92 Å². The van der Waals surface area contributed by atoms with Crippen LogP contribution in [-0.4, -0.2) is 50.2 Å². The number of hydrogen-bond donors (Lipinski definition) is 0. The lowest BCUT2D eigenvalue weighted by molar-refractivity contribution is -0.137. The molecule has 3 aromatic rings. The molecule has 0 N–H and O–H groups in total. The number of aromatic nitrogens is 4. The number of carbonyl (C=O) groups excluding carboxylic acids is 1. The van der Waals surface area contributed by atoms with Crippen molar-refractivity contribution in [2.45, 2.75) is 32.7 Å². The van der Waals surface area contributed by atoms with Gasteiger partial charge in [0.25, 0.3) is 0 Å². The molecule has 3 aromatic heterocycles. The van der Waals surface area contributed by atoms with E-state index in [1.807, 2.05) is 31.5 Å². The SMILES string of the molecule is Cc1nc(N2CCC(C(=O)N3CCc4sccc4C3)CC2)c2cnn(C)c2n1. The summed E-state index contributed by atoms with van der Waals surface area (Å²) in [5.74, 6) is 2.14. The van der Waals surface area contributed by atoms with Gasteiger partial charge in [-0.25, -0.2) is 9.97 Å². The van der Waals surface area contributed by atoms with Crippen molar-refractivity contribution in [3.63, 3.8) is 0 Å². The molecule has 0 aromatic carbocycles. The molecule has 1 saturated heterocycles. The summed E-state index contributed by atoms with van der Waals surface area (Å²) in [6.45, 7) is 5.23. The first-order valence-electron chi connectivity index (χ1n) is 9.85. The topological polar surface area (TPSA) is 67.2 Å². The highest BCUT2D eigenvalue weighted by Gasteiger charge is 2.31. The van der Waals surface area contributed by atoms with Crippen LogP contribution < -0.4 is 4.90 Å². The third-order valence-corrected chi connectivity index (χ3v) is 6.97. The van der Waals surface area contributed by atoms with Crippen LogP contribution in [0.15, 0.2) is 17.6 Å². The molecule has 1 fully saturated rings. The molecule has 5 rings (SSSR count). The van der Waals surface area contributed by atoms with Crippen LogP contribution in [-0.2, 0) is 24.8 Å². The van der Waals surface area contributed by atoms with Crippen LogP contribution in [0.5, 0.6) is 0 Å². The summed E-state index contributed by atoms with van der Waals surface area (Å²) in [5, 5.41) is 7.46. The van der Waals surface area contributed by atoms with E-state index >= 15 is 0 Å².